The van der Waals surface area contributed by atoms with Gasteiger partial charge in [-0.15, -0.1) is 0 Å². The normalized spacial score (nSPS) is 13.5. The van der Waals surface area contributed by atoms with Crippen LogP contribution in [0.25, 0.3) is 0 Å². The van der Waals surface area contributed by atoms with Crippen LogP contribution in [0.3, 0.4) is 0 Å². The maximum absolute atomic E-state index is 13.2. The molecule has 0 bridgehead atoms. The summed E-state index contributed by atoms with van der Waals surface area (Å²) in [6, 6.07) is 5.09. The molecule has 0 heterocycles. The third kappa shape index (κ3) is 5.59. The Balaban J connectivity index is 2.69. The maximum Gasteiger partial charge on any atom is 0.123 e. The van der Waals surface area contributed by atoms with E-state index >= 15 is 0 Å². The summed E-state index contributed by atoms with van der Waals surface area (Å²) < 4.78 is 18.2. The van der Waals surface area contributed by atoms with Crippen LogP contribution in [0.2, 0.25) is 0 Å². The summed E-state index contributed by atoms with van der Waals surface area (Å²) in [7, 11) is 1.71. The van der Waals surface area contributed by atoms with Crippen LogP contribution in [0.5, 0.6) is 0 Å². The van der Waals surface area contributed by atoms with Gasteiger partial charge >= 0.3 is 0 Å². The molecule has 2 nitrogen and oxygen atoms in total. The molecule has 114 valence electrons. The molecule has 0 amide bonds. The van der Waals surface area contributed by atoms with Crippen molar-refractivity contribution in [3.8, 4) is 0 Å². The maximum atomic E-state index is 13.2. The fraction of sp³-hybridized carbons (Fsp3) is 0.647. The molecular formula is C17H28FNO. The molecule has 0 aliphatic carbocycles. The topological polar surface area (TPSA) is 21.3 Å². The monoisotopic (exact) mass is 281 g/mol. The number of hydrogen-bond donors (Lipinski definition) is 1. The van der Waals surface area contributed by atoms with E-state index in [1.807, 2.05) is 13.0 Å². The van der Waals surface area contributed by atoms with Crippen LogP contribution in [0.1, 0.15) is 31.9 Å². The summed E-state index contributed by atoms with van der Waals surface area (Å²) in [6.45, 7) is 11.3. The Bertz CT molecular complexity index is 412. The SMILES string of the molecule is COCCNCC(Cc1ccc(F)cc1C)C(C)(C)C. The summed E-state index contributed by atoms with van der Waals surface area (Å²) >= 11 is 0. The minimum absolute atomic E-state index is 0.156. The van der Waals surface area contributed by atoms with E-state index in [1.165, 1.54) is 5.56 Å². The molecule has 0 aromatic heterocycles. The van der Waals surface area contributed by atoms with E-state index in [-0.39, 0.29) is 11.2 Å². The summed E-state index contributed by atoms with van der Waals surface area (Å²) in [5.41, 5.74) is 2.48. The van der Waals surface area contributed by atoms with Gasteiger partial charge < -0.3 is 10.1 Å². The molecule has 0 aliphatic rings. The molecular weight excluding hydrogens is 253 g/mol. The highest BCUT2D eigenvalue weighted by molar-refractivity contribution is 5.27. The minimum atomic E-state index is -0.156. The quantitative estimate of drug-likeness (QED) is 0.771. The Labute approximate surface area is 122 Å². The van der Waals surface area contributed by atoms with Crippen molar-refractivity contribution in [2.75, 3.05) is 26.8 Å². The second-order valence-corrected chi connectivity index (χ2v) is 6.53. The van der Waals surface area contributed by atoms with Gasteiger partial charge in [0.05, 0.1) is 6.61 Å². The molecule has 1 aromatic carbocycles. The fourth-order valence-electron chi connectivity index (χ4n) is 2.29. The summed E-state index contributed by atoms with van der Waals surface area (Å²) in [6.07, 6.45) is 0.968. The number of methoxy groups -OCH3 is 1. The largest absolute Gasteiger partial charge is 0.383 e. The predicted molar refractivity (Wildman–Crippen MR) is 82.5 cm³/mol. The van der Waals surface area contributed by atoms with Crippen molar-refractivity contribution in [2.45, 2.75) is 34.1 Å². The standard InChI is InChI=1S/C17H28FNO/c1-13-10-16(18)7-6-14(13)11-15(17(2,3)4)12-19-8-9-20-5/h6-7,10,15,19H,8-9,11-12H2,1-5H3. The predicted octanol–water partition coefficient (Wildman–Crippen LogP) is 3.57. The lowest BCUT2D eigenvalue weighted by atomic mass is 9.76. The number of benzene rings is 1. The lowest BCUT2D eigenvalue weighted by molar-refractivity contribution is 0.186. The van der Waals surface area contributed by atoms with Crippen LogP contribution in [-0.2, 0) is 11.2 Å². The molecule has 0 radical (unpaired) electrons. The van der Waals surface area contributed by atoms with E-state index in [1.54, 1.807) is 19.2 Å². The zero-order chi connectivity index (χ0) is 15.2. The van der Waals surface area contributed by atoms with Crippen LogP contribution in [-0.4, -0.2) is 26.8 Å². The van der Waals surface area contributed by atoms with Gasteiger partial charge in [0.15, 0.2) is 0 Å². The molecule has 1 rings (SSSR count). The Morgan fingerprint density at radius 1 is 1.30 bits per heavy atom. The first-order valence-corrected chi connectivity index (χ1v) is 7.29. The lowest BCUT2D eigenvalue weighted by Crippen LogP contribution is -2.35. The molecule has 20 heavy (non-hydrogen) atoms. The highest BCUT2D eigenvalue weighted by atomic mass is 19.1. The average molecular weight is 281 g/mol. The first-order valence-electron chi connectivity index (χ1n) is 7.29. The number of nitrogens with one attached hydrogen (secondary N) is 1. The van der Waals surface area contributed by atoms with Crippen molar-refractivity contribution in [3.63, 3.8) is 0 Å². The zero-order valence-corrected chi connectivity index (χ0v) is 13.4. The van der Waals surface area contributed by atoms with Crippen LogP contribution in [0, 0.1) is 24.1 Å². The Morgan fingerprint density at radius 2 is 2.00 bits per heavy atom. The number of rotatable bonds is 7. The van der Waals surface area contributed by atoms with Crippen molar-refractivity contribution in [1.29, 1.82) is 0 Å². The van der Waals surface area contributed by atoms with Crippen molar-refractivity contribution in [2.24, 2.45) is 11.3 Å². The third-order valence-electron chi connectivity index (χ3n) is 3.87. The van der Waals surface area contributed by atoms with Crippen molar-refractivity contribution >= 4 is 0 Å². The molecule has 0 fully saturated rings. The molecule has 3 heteroatoms. The molecule has 1 atom stereocenters. The Kier molecular flexibility index (Phi) is 6.63. The fourth-order valence-corrected chi connectivity index (χ4v) is 2.29. The van der Waals surface area contributed by atoms with Crippen LogP contribution < -0.4 is 5.32 Å². The van der Waals surface area contributed by atoms with E-state index in [9.17, 15) is 4.39 Å². The zero-order valence-electron chi connectivity index (χ0n) is 13.4. The van der Waals surface area contributed by atoms with Gasteiger partial charge in [-0.3, -0.25) is 0 Å². The van der Waals surface area contributed by atoms with Crippen LogP contribution >= 0.6 is 0 Å². The first kappa shape index (κ1) is 17.1. The highest BCUT2D eigenvalue weighted by Gasteiger charge is 2.24. The van der Waals surface area contributed by atoms with Crippen molar-refractivity contribution in [1.82, 2.24) is 5.32 Å². The lowest BCUT2D eigenvalue weighted by Gasteiger charge is -2.31. The van der Waals surface area contributed by atoms with E-state index in [0.717, 1.165) is 31.7 Å². The van der Waals surface area contributed by atoms with Gasteiger partial charge in [0, 0.05) is 13.7 Å². The molecule has 0 aliphatic heterocycles. The van der Waals surface area contributed by atoms with E-state index in [0.29, 0.717) is 5.92 Å². The van der Waals surface area contributed by atoms with E-state index in [4.69, 9.17) is 4.74 Å². The molecule has 0 saturated heterocycles. The van der Waals surface area contributed by atoms with Gasteiger partial charge in [-0.1, -0.05) is 26.8 Å². The van der Waals surface area contributed by atoms with E-state index in [2.05, 4.69) is 26.1 Å². The summed E-state index contributed by atoms with van der Waals surface area (Å²) in [4.78, 5) is 0. The van der Waals surface area contributed by atoms with Gasteiger partial charge in [-0.05, 0) is 54.5 Å². The number of halogens is 1. The molecule has 1 aromatic rings. The second kappa shape index (κ2) is 7.75. The number of ether oxygens (including phenoxy) is 1. The Hall–Kier alpha value is -0.930. The Morgan fingerprint density at radius 3 is 2.55 bits per heavy atom. The number of aryl methyl sites for hydroxylation is 1. The first-order chi connectivity index (χ1) is 9.34. The van der Waals surface area contributed by atoms with Gasteiger partial charge in [0.2, 0.25) is 0 Å². The van der Waals surface area contributed by atoms with Gasteiger partial charge in [0.25, 0.3) is 0 Å². The van der Waals surface area contributed by atoms with Gasteiger partial charge in [-0.25, -0.2) is 4.39 Å². The number of hydrogen-bond acceptors (Lipinski definition) is 2. The van der Waals surface area contributed by atoms with Crippen LogP contribution in [0.15, 0.2) is 18.2 Å². The smallest absolute Gasteiger partial charge is 0.123 e. The average Bonchev–Trinajstić information content (AvgIpc) is 2.34. The van der Waals surface area contributed by atoms with Crippen molar-refractivity contribution in [3.05, 3.63) is 35.1 Å². The summed E-state index contributed by atoms with van der Waals surface area (Å²) in [5, 5.41) is 3.44. The summed E-state index contributed by atoms with van der Waals surface area (Å²) in [5.74, 6) is 0.347. The van der Waals surface area contributed by atoms with Gasteiger partial charge in [-0.2, -0.15) is 0 Å². The van der Waals surface area contributed by atoms with Crippen molar-refractivity contribution < 1.29 is 9.13 Å². The third-order valence-corrected chi connectivity index (χ3v) is 3.87. The highest BCUT2D eigenvalue weighted by Crippen LogP contribution is 2.29. The molecule has 1 unspecified atom stereocenters. The minimum Gasteiger partial charge on any atom is -0.383 e. The molecule has 0 saturated carbocycles. The van der Waals surface area contributed by atoms with Gasteiger partial charge in [0.1, 0.15) is 5.82 Å². The molecule has 1 N–H and O–H groups in total. The van der Waals surface area contributed by atoms with Crippen LogP contribution in [0.4, 0.5) is 4.39 Å². The molecule has 0 spiro atoms. The van der Waals surface area contributed by atoms with E-state index < -0.39 is 0 Å². The second-order valence-electron chi connectivity index (χ2n) is 6.53.